The molecule has 0 fully saturated rings. The monoisotopic (exact) mass is 259 g/mol. The Morgan fingerprint density at radius 1 is 1.53 bits per heavy atom. The van der Waals surface area contributed by atoms with Crippen LogP contribution >= 0.6 is 0 Å². The van der Waals surface area contributed by atoms with Crippen LogP contribution in [0.5, 0.6) is 0 Å². The van der Waals surface area contributed by atoms with Gasteiger partial charge in [0.05, 0.1) is 4.92 Å². The lowest BCUT2D eigenvalue weighted by Gasteiger charge is -2.07. The van der Waals surface area contributed by atoms with E-state index in [4.69, 9.17) is 11.0 Å². The fraction of sp³-hybridized carbons (Fsp3) is 0.231. The van der Waals surface area contributed by atoms with Gasteiger partial charge in [-0.25, -0.2) is 0 Å². The largest absolute Gasteiger partial charge is 0.365 e. The predicted molar refractivity (Wildman–Crippen MR) is 70.0 cm³/mol. The van der Waals surface area contributed by atoms with Gasteiger partial charge in [0.15, 0.2) is 0 Å². The highest BCUT2D eigenvalue weighted by Crippen LogP contribution is 2.27. The molecule has 2 N–H and O–H groups in total. The fourth-order valence-electron chi connectivity index (χ4n) is 1.62. The molecule has 0 aliphatic carbocycles. The molecule has 98 valence electrons. The highest BCUT2D eigenvalue weighted by atomic mass is 16.6. The molecule has 6 nitrogen and oxygen atoms in total. The summed E-state index contributed by atoms with van der Waals surface area (Å²) in [5, 5.41) is 19.7. The minimum atomic E-state index is -0.863. The first-order chi connectivity index (χ1) is 8.86. The van der Waals surface area contributed by atoms with Gasteiger partial charge in [0.2, 0.25) is 0 Å². The fourth-order valence-corrected chi connectivity index (χ4v) is 1.62. The van der Waals surface area contributed by atoms with Crippen LogP contribution in [0.15, 0.2) is 23.8 Å². The molecular weight excluding hydrogens is 246 g/mol. The first-order valence-corrected chi connectivity index (χ1v) is 5.56. The van der Waals surface area contributed by atoms with Crippen molar-refractivity contribution >= 4 is 17.7 Å². The number of nitrogens with two attached hydrogens (primary N) is 1. The van der Waals surface area contributed by atoms with Crippen molar-refractivity contribution in [3.05, 3.63) is 45.0 Å². The van der Waals surface area contributed by atoms with Crippen molar-refractivity contribution in [1.29, 1.82) is 5.26 Å². The molecule has 0 atom stereocenters. The molecule has 6 heteroatoms. The van der Waals surface area contributed by atoms with Crippen molar-refractivity contribution in [2.75, 3.05) is 0 Å². The van der Waals surface area contributed by atoms with Gasteiger partial charge in [0.1, 0.15) is 11.6 Å². The lowest BCUT2D eigenvalue weighted by molar-refractivity contribution is -0.385. The van der Waals surface area contributed by atoms with Crippen LogP contribution in [-0.2, 0) is 4.79 Å². The lowest BCUT2D eigenvalue weighted by Crippen LogP contribution is -2.12. The van der Waals surface area contributed by atoms with E-state index in [0.29, 0.717) is 11.1 Å². The van der Waals surface area contributed by atoms with E-state index in [2.05, 4.69) is 0 Å². The zero-order valence-electron chi connectivity index (χ0n) is 10.6. The molecule has 1 rings (SSSR count). The number of benzene rings is 1. The van der Waals surface area contributed by atoms with Crippen LogP contribution in [0.25, 0.3) is 6.08 Å². The lowest BCUT2D eigenvalue weighted by atomic mass is 9.98. The minimum absolute atomic E-state index is 0.00464. The van der Waals surface area contributed by atoms with Gasteiger partial charge in [0.25, 0.3) is 11.6 Å². The normalized spacial score (nSPS) is 11.2. The molecular formula is C13H13N3O3. The summed E-state index contributed by atoms with van der Waals surface area (Å²) < 4.78 is 0. The molecule has 1 aromatic rings. The molecule has 0 saturated carbocycles. The third kappa shape index (κ3) is 3.39. The summed E-state index contributed by atoms with van der Waals surface area (Å²) in [5.74, 6) is -0.858. The van der Waals surface area contributed by atoms with Crippen LogP contribution in [0.4, 0.5) is 5.69 Å². The van der Waals surface area contributed by atoms with Gasteiger partial charge in [-0.1, -0.05) is 26.0 Å². The van der Waals surface area contributed by atoms with Gasteiger partial charge in [-0.2, -0.15) is 5.26 Å². The Kier molecular flexibility index (Phi) is 4.37. The van der Waals surface area contributed by atoms with E-state index in [0.717, 1.165) is 0 Å². The summed E-state index contributed by atoms with van der Waals surface area (Å²) in [4.78, 5) is 21.4. The van der Waals surface area contributed by atoms with E-state index < -0.39 is 10.8 Å². The van der Waals surface area contributed by atoms with E-state index in [1.165, 1.54) is 12.1 Å². The number of primary amides is 1. The Balaban J connectivity index is 3.35. The van der Waals surface area contributed by atoms with Crippen LogP contribution in [-0.4, -0.2) is 10.8 Å². The maximum atomic E-state index is 11.0. The standard InChI is InChI=1S/C13H13N3O3/c1-8(2)11-4-3-9(6-12(11)16(18)19)5-10(7-14)13(15)17/h3-6,8H,1-2H3,(H2,15,17)/b10-5+. The van der Waals surface area contributed by atoms with Gasteiger partial charge in [0, 0.05) is 11.6 Å². The summed E-state index contributed by atoms with van der Waals surface area (Å²) in [5.41, 5.74) is 5.72. The average Bonchev–Trinajstić information content (AvgIpc) is 2.34. The van der Waals surface area contributed by atoms with E-state index in [9.17, 15) is 14.9 Å². The number of carbonyl (C=O) groups is 1. The second-order valence-electron chi connectivity index (χ2n) is 4.26. The van der Waals surface area contributed by atoms with Crippen molar-refractivity contribution < 1.29 is 9.72 Å². The van der Waals surface area contributed by atoms with Gasteiger partial charge in [-0.15, -0.1) is 0 Å². The van der Waals surface area contributed by atoms with Crippen LogP contribution < -0.4 is 5.73 Å². The summed E-state index contributed by atoms with van der Waals surface area (Å²) in [6.45, 7) is 3.70. The quantitative estimate of drug-likeness (QED) is 0.386. The van der Waals surface area contributed by atoms with Gasteiger partial charge in [-0.3, -0.25) is 14.9 Å². The second kappa shape index (κ2) is 5.78. The molecule has 0 heterocycles. The van der Waals surface area contributed by atoms with Gasteiger partial charge >= 0.3 is 0 Å². The molecule has 0 unspecified atom stereocenters. The number of nitro benzene ring substituents is 1. The Morgan fingerprint density at radius 2 is 2.16 bits per heavy atom. The molecule has 0 aromatic heterocycles. The third-order valence-corrected chi connectivity index (χ3v) is 2.57. The molecule has 19 heavy (non-hydrogen) atoms. The van der Waals surface area contributed by atoms with E-state index in [-0.39, 0.29) is 17.2 Å². The summed E-state index contributed by atoms with van der Waals surface area (Å²) in [6, 6.07) is 6.21. The Bertz CT molecular complexity index is 598. The molecule has 0 spiro atoms. The predicted octanol–water partition coefficient (Wildman–Crippen LogP) is 2.11. The van der Waals surface area contributed by atoms with Crippen molar-refractivity contribution in [1.82, 2.24) is 0 Å². The number of amides is 1. The molecule has 0 aliphatic heterocycles. The minimum Gasteiger partial charge on any atom is -0.365 e. The first-order valence-electron chi connectivity index (χ1n) is 5.56. The number of hydrogen-bond acceptors (Lipinski definition) is 4. The number of carbonyl (C=O) groups excluding carboxylic acids is 1. The maximum Gasteiger partial charge on any atom is 0.273 e. The van der Waals surface area contributed by atoms with Crippen molar-refractivity contribution in [3.63, 3.8) is 0 Å². The molecule has 0 bridgehead atoms. The molecule has 0 saturated heterocycles. The Morgan fingerprint density at radius 3 is 2.58 bits per heavy atom. The second-order valence-corrected chi connectivity index (χ2v) is 4.26. The van der Waals surface area contributed by atoms with Crippen LogP contribution in [0, 0.1) is 21.4 Å². The topological polar surface area (TPSA) is 110 Å². The van der Waals surface area contributed by atoms with Crippen molar-refractivity contribution in [3.8, 4) is 6.07 Å². The zero-order valence-corrected chi connectivity index (χ0v) is 10.6. The van der Waals surface area contributed by atoms with Crippen LogP contribution in [0.1, 0.15) is 30.9 Å². The maximum absolute atomic E-state index is 11.0. The summed E-state index contributed by atoms with van der Waals surface area (Å²) >= 11 is 0. The SMILES string of the molecule is CC(C)c1ccc(/C=C(\C#N)C(N)=O)cc1[N+](=O)[O-]. The molecule has 1 amide bonds. The number of nitrogens with zero attached hydrogens (tertiary/aromatic N) is 2. The van der Waals surface area contributed by atoms with Gasteiger partial charge < -0.3 is 5.73 Å². The number of nitro groups is 1. The highest BCUT2D eigenvalue weighted by molar-refractivity contribution is 6.00. The van der Waals surface area contributed by atoms with Gasteiger partial charge in [-0.05, 0) is 17.6 Å². The van der Waals surface area contributed by atoms with Crippen molar-refractivity contribution in [2.24, 2.45) is 5.73 Å². The highest BCUT2D eigenvalue weighted by Gasteiger charge is 2.17. The van der Waals surface area contributed by atoms with Crippen LogP contribution in [0.2, 0.25) is 0 Å². The van der Waals surface area contributed by atoms with Crippen LogP contribution in [0.3, 0.4) is 0 Å². The zero-order chi connectivity index (χ0) is 14.6. The summed E-state index contributed by atoms with van der Waals surface area (Å²) in [7, 11) is 0. The third-order valence-electron chi connectivity index (χ3n) is 2.57. The van der Waals surface area contributed by atoms with E-state index in [1.807, 2.05) is 13.8 Å². The molecule has 0 radical (unpaired) electrons. The van der Waals surface area contributed by atoms with E-state index in [1.54, 1.807) is 18.2 Å². The van der Waals surface area contributed by atoms with E-state index >= 15 is 0 Å². The average molecular weight is 259 g/mol. The number of nitriles is 1. The Labute approximate surface area is 110 Å². The first kappa shape index (κ1) is 14.4. The number of hydrogen-bond donors (Lipinski definition) is 1. The van der Waals surface area contributed by atoms with Crippen molar-refractivity contribution in [2.45, 2.75) is 19.8 Å². The molecule has 0 aliphatic rings. The molecule has 1 aromatic carbocycles. The summed E-state index contributed by atoms with van der Waals surface area (Å²) in [6.07, 6.45) is 1.24. The number of rotatable bonds is 4. The smallest absolute Gasteiger partial charge is 0.273 e. The Hall–Kier alpha value is -2.68.